The van der Waals surface area contributed by atoms with Gasteiger partial charge in [-0.25, -0.2) is 19.1 Å². The van der Waals surface area contributed by atoms with Crippen molar-refractivity contribution in [2.45, 2.75) is 26.9 Å². The number of nitrogens with zero attached hydrogens (tertiary/aromatic N) is 3. The van der Waals surface area contributed by atoms with Crippen LogP contribution in [0.1, 0.15) is 55.6 Å². The zero-order chi connectivity index (χ0) is 29.4. The van der Waals surface area contributed by atoms with Gasteiger partial charge in [-0.15, -0.1) is 11.3 Å². The second kappa shape index (κ2) is 11.7. The van der Waals surface area contributed by atoms with E-state index in [-0.39, 0.29) is 50.0 Å². The molecule has 40 heavy (non-hydrogen) atoms. The van der Waals surface area contributed by atoms with Gasteiger partial charge in [-0.1, -0.05) is 28.1 Å². The number of hydrogen-bond donors (Lipinski definition) is 1. The molecule has 4 aromatic rings. The molecule has 1 N–H and O–H groups in total. The van der Waals surface area contributed by atoms with Crippen LogP contribution in [-0.2, 0) is 15.7 Å². The van der Waals surface area contributed by atoms with Crippen LogP contribution in [0.3, 0.4) is 0 Å². The van der Waals surface area contributed by atoms with Gasteiger partial charge >= 0.3 is 18.1 Å². The van der Waals surface area contributed by atoms with Crippen LogP contribution >= 0.6 is 43.2 Å². The highest BCUT2D eigenvalue weighted by atomic mass is 79.9. The standard InChI is InChI=1S/C25H19Br2F3N4O5S/c1-4-38-23(36)16-11(3)19(24(37)39-5-2)40-22(16)32-21(35)18-17(27)20-31-14(12-6-8-13(26)9-7-12)10-15(25(28,29)30)34(20)33-18/h6-10H,4-5H2,1-3H3,(H,32,35). The lowest BCUT2D eigenvalue weighted by atomic mass is 10.1. The van der Waals surface area contributed by atoms with E-state index >= 15 is 0 Å². The van der Waals surface area contributed by atoms with Gasteiger partial charge in [0.2, 0.25) is 0 Å². The molecule has 0 saturated carbocycles. The number of aromatic nitrogens is 3. The lowest BCUT2D eigenvalue weighted by Crippen LogP contribution is -2.17. The Kier molecular flexibility index (Phi) is 8.66. The predicted octanol–water partition coefficient (Wildman–Crippen LogP) is 6.92. The lowest BCUT2D eigenvalue weighted by Gasteiger charge is -2.11. The summed E-state index contributed by atoms with van der Waals surface area (Å²) in [7, 11) is 0. The van der Waals surface area contributed by atoms with Crippen molar-refractivity contribution in [2.75, 3.05) is 18.5 Å². The van der Waals surface area contributed by atoms with Crippen LogP contribution in [0.15, 0.2) is 39.3 Å². The number of fused-ring (bicyclic) bond motifs is 1. The summed E-state index contributed by atoms with van der Waals surface area (Å²) in [6.07, 6.45) is -4.83. The van der Waals surface area contributed by atoms with Crippen LogP contribution in [0.5, 0.6) is 0 Å². The molecule has 0 bridgehead atoms. The van der Waals surface area contributed by atoms with Crippen molar-refractivity contribution in [1.82, 2.24) is 14.6 Å². The summed E-state index contributed by atoms with van der Waals surface area (Å²) in [4.78, 5) is 42.8. The number of benzene rings is 1. The van der Waals surface area contributed by atoms with Crippen molar-refractivity contribution >= 4 is 71.7 Å². The third-order valence-corrected chi connectivity index (χ3v) is 7.94. The Hall–Kier alpha value is -3.30. The van der Waals surface area contributed by atoms with Crippen molar-refractivity contribution < 1.29 is 37.0 Å². The number of thiophene rings is 1. The summed E-state index contributed by atoms with van der Waals surface area (Å²) in [5, 5.41) is 6.33. The normalized spacial score (nSPS) is 11.5. The summed E-state index contributed by atoms with van der Waals surface area (Å²) >= 11 is 7.24. The van der Waals surface area contributed by atoms with E-state index in [1.807, 2.05) is 0 Å². The van der Waals surface area contributed by atoms with E-state index in [0.717, 1.165) is 21.9 Å². The van der Waals surface area contributed by atoms with Gasteiger partial charge in [-0.2, -0.15) is 18.3 Å². The number of halogens is 5. The summed E-state index contributed by atoms with van der Waals surface area (Å²) in [6.45, 7) is 4.81. The van der Waals surface area contributed by atoms with E-state index in [2.05, 4.69) is 47.3 Å². The molecule has 3 heterocycles. The average Bonchev–Trinajstić information content (AvgIpc) is 3.40. The minimum atomic E-state index is -4.83. The largest absolute Gasteiger partial charge is 0.462 e. The van der Waals surface area contributed by atoms with Gasteiger partial charge in [0.25, 0.3) is 5.91 Å². The Labute approximate surface area is 245 Å². The second-order valence-corrected chi connectivity index (χ2v) is 10.8. The van der Waals surface area contributed by atoms with Crippen LogP contribution in [0.4, 0.5) is 18.2 Å². The molecule has 3 aromatic heterocycles. The van der Waals surface area contributed by atoms with Crippen molar-refractivity contribution in [3.8, 4) is 11.3 Å². The van der Waals surface area contributed by atoms with Crippen LogP contribution in [0.2, 0.25) is 0 Å². The van der Waals surface area contributed by atoms with E-state index in [1.54, 1.807) is 38.1 Å². The Morgan fingerprint density at radius 2 is 1.68 bits per heavy atom. The average molecular weight is 704 g/mol. The fraction of sp³-hybridized carbons (Fsp3) is 0.240. The number of alkyl halides is 3. The number of carbonyl (C=O) groups is 3. The van der Waals surface area contributed by atoms with Crippen LogP contribution in [0.25, 0.3) is 16.9 Å². The molecule has 1 amide bonds. The van der Waals surface area contributed by atoms with Crippen molar-refractivity contribution in [3.63, 3.8) is 0 Å². The monoisotopic (exact) mass is 702 g/mol. The van der Waals surface area contributed by atoms with Gasteiger partial charge < -0.3 is 14.8 Å². The first-order valence-corrected chi connectivity index (χ1v) is 14.0. The van der Waals surface area contributed by atoms with E-state index in [4.69, 9.17) is 9.47 Å². The highest BCUT2D eigenvalue weighted by molar-refractivity contribution is 9.11. The number of amides is 1. The maximum absolute atomic E-state index is 14.1. The molecular formula is C25H19Br2F3N4O5S. The molecule has 0 radical (unpaired) electrons. The van der Waals surface area contributed by atoms with E-state index in [1.165, 1.54) is 6.92 Å². The molecule has 0 aliphatic rings. The first-order chi connectivity index (χ1) is 18.9. The zero-order valence-electron chi connectivity index (χ0n) is 21.0. The van der Waals surface area contributed by atoms with Crippen LogP contribution in [-0.4, -0.2) is 45.7 Å². The molecule has 0 fully saturated rings. The van der Waals surface area contributed by atoms with E-state index < -0.39 is 35.4 Å². The lowest BCUT2D eigenvalue weighted by molar-refractivity contribution is -0.142. The molecular weight excluding hydrogens is 685 g/mol. The molecule has 15 heteroatoms. The van der Waals surface area contributed by atoms with Crippen molar-refractivity contribution in [1.29, 1.82) is 0 Å². The fourth-order valence-electron chi connectivity index (χ4n) is 3.71. The Bertz CT molecular complexity index is 1630. The number of carbonyl (C=O) groups excluding carboxylic acids is 3. The maximum atomic E-state index is 14.1. The summed E-state index contributed by atoms with van der Waals surface area (Å²) < 4.78 is 53.4. The summed E-state index contributed by atoms with van der Waals surface area (Å²) in [5.41, 5.74) is -1.25. The highest BCUT2D eigenvalue weighted by Crippen LogP contribution is 2.37. The third-order valence-electron chi connectivity index (χ3n) is 5.49. The molecule has 0 aliphatic heterocycles. The molecule has 0 spiro atoms. The number of hydrogen-bond acceptors (Lipinski definition) is 8. The molecule has 4 rings (SSSR count). The Balaban J connectivity index is 1.82. The SMILES string of the molecule is CCOC(=O)c1sc(NC(=O)c2nn3c(C(F)(F)F)cc(-c4ccc(Br)cc4)nc3c2Br)c(C(=O)OCC)c1C. The number of esters is 2. The molecule has 0 aliphatic carbocycles. The van der Waals surface area contributed by atoms with Gasteiger partial charge in [0.1, 0.15) is 9.88 Å². The number of anilines is 1. The molecule has 1 aromatic carbocycles. The summed E-state index contributed by atoms with van der Waals surface area (Å²) in [6, 6.07) is 7.35. The van der Waals surface area contributed by atoms with Crippen LogP contribution in [0, 0.1) is 6.92 Å². The fourth-order valence-corrected chi connectivity index (χ4v) is 5.58. The molecule has 210 valence electrons. The minimum Gasteiger partial charge on any atom is -0.462 e. The van der Waals surface area contributed by atoms with Crippen molar-refractivity contribution in [2.24, 2.45) is 0 Å². The topological polar surface area (TPSA) is 112 Å². The van der Waals surface area contributed by atoms with Gasteiger partial charge in [0.05, 0.1) is 28.9 Å². The van der Waals surface area contributed by atoms with Gasteiger partial charge in [-0.05, 0) is 60.5 Å². The highest BCUT2D eigenvalue weighted by Gasteiger charge is 2.37. The first kappa shape index (κ1) is 29.7. The van der Waals surface area contributed by atoms with E-state index in [9.17, 15) is 27.6 Å². The maximum Gasteiger partial charge on any atom is 0.433 e. The van der Waals surface area contributed by atoms with Crippen molar-refractivity contribution in [3.05, 3.63) is 66.7 Å². The minimum absolute atomic E-state index is 0.0115. The molecule has 9 nitrogen and oxygen atoms in total. The van der Waals surface area contributed by atoms with E-state index in [0.29, 0.717) is 10.1 Å². The zero-order valence-corrected chi connectivity index (χ0v) is 25.0. The Morgan fingerprint density at radius 1 is 1.05 bits per heavy atom. The Morgan fingerprint density at radius 3 is 2.27 bits per heavy atom. The van der Waals surface area contributed by atoms with Gasteiger partial charge in [-0.3, -0.25) is 4.79 Å². The summed E-state index contributed by atoms with van der Waals surface area (Å²) in [5.74, 6) is -2.45. The van der Waals surface area contributed by atoms with Crippen LogP contribution < -0.4 is 5.32 Å². The number of ether oxygens (including phenoxy) is 2. The smallest absolute Gasteiger partial charge is 0.433 e. The number of nitrogens with one attached hydrogen (secondary N) is 1. The first-order valence-electron chi connectivity index (χ1n) is 11.6. The molecule has 0 unspecified atom stereocenters. The second-order valence-electron chi connectivity index (χ2n) is 8.08. The van der Waals surface area contributed by atoms with Gasteiger partial charge in [0.15, 0.2) is 17.0 Å². The predicted molar refractivity (Wildman–Crippen MR) is 148 cm³/mol. The quantitative estimate of drug-likeness (QED) is 0.208. The third kappa shape index (κ3) is 5.76. The number of rotatable bonds is 7. The van der Waals surface area contributed by atoms with Gasteiger partial charge in [0, 0.05) is 10.0 Å². The molecule has 0 saturated heterocycles. The molecule has 0 atom stereocenters.